The van der Waals surface area contributed by atoms with E-state index in [9.17, 15) is 13.2 Å². The molecule has 2 fully saturated rings. The van der Waals surface area contributed by atoms with Gasteiger partial charge in [-0.2, -0.15) is 17.7 Å². The molecule has 0 unspecified atom stereocenters. The Hall–Kier alpha value is -1.65. The summed E-state index contributed by atoms with van der Waals surface area (Å²) in [6.45, 7) is 8.67. The minimum atomic E-state index is -6.09. The highest BCUT2D eigenvalue weighted by atomic mass is 32.2. The molecule has 2 aromatic rings. The predicted molar refractivity (Wildman–Crippen MR) is 124 cm³/mol. The number of ether oxygens (including phenoxy) is 5. The Kier molecular flexibility index (Phi) is 9.07. The van der Waals surface area contributed by atoms with Gasteiger partial charge in [0.25, 0.3) is 5.01 Å². The number of hydrogen-bond donors (Lipinski definition) is 0. The zero-order valence-electron chi connectivity index (χ0n) is 20.9. The smallest absolute Gasteiger partial charge is 0.485 e. The summed E-state index contributed by atoms with van der Waals surface area (Å²) in [5.41, 5.74) is -4.53. The van der Waals surface area contributed by atoms with Gasteiger partial charge in [-0.15, -0.1) is 0 Å². The first kappa shape index (κ1) is 29.9. The first-order chi connectivity index (χ1) is 17.0. The fourth-order valence-corrected chi connectivity index (χ4v) is 4.85. The summed E-state index contributed by atoms with van der Waals surface area (Å²) in [6, 6.07) is 10.2. The van der Waals surface area contributed by atoms with E-state index >= 15 is 0 Å². The number of nitrogens with zero attached hydrogens (tertiary/aromatic N) is 1. The third-order valence-electron chi connectivity index (χ3n) is 5.48. The van der Waals surface area contributed by atoms with Crippen LogP contribution in [0.25, 0.3) is 0 Å². The quantitative estimate of drug-likeness (QED) is 0.295. The van der Waals surface area contributed by atoms with Gasteiger partial charge in [0.05, 0.1) is 18.6 Å². The molecule has 2 saturated heterocycles. The van der Waals surface area contributed by atoms with E-state index in [1.165, 1.54) is 0 Å². The molecule has 2 aliphatic heterocycles. The Balaban J connectivity index is 0.000000414. The number of halogens is 3. The minimum Gasteiger partial charge on any atom is -0.741 e. The number of alkyl halides is 3. The first-order valence-corrected chi connectivity index (χ1v) is 13.6. The number of aryl methyl sites for hydroxylation is 1. The summed E-state index contributed by atoms with van der Waals surface area (Å²) in [5.74, 6) is -1.35. The normalized spacial score (nSPS) is 25.9. The van der Waals surface area contributed by atoms with E-state index in [0.29, 0.717) is 13.2 Å². The van der Waals surface area contributed by atoms with Gasteiger partial charge in [-0.05, 0) is 33.3 Å². The third-order valence-corrected chi connectivity index (χ3v) is 7.07. The van der Waals surface area contributed by atoms with Crippen molar-refractivity contribution in [2.75, 3.05) is 6.61 Å². The zero-order valence-corrected chi connectivity index (χ0v) is 22.6. The van der Waals surface area contributed by atoms with Gasteiger partial charge >= 0.3 is 5.51 Å². The topological polar surface area (TPSA) is 107 Å². The highest BCUT2D eigenvalue weighted by Gasteiger charge is 2.54. The molecular weight excluding hydrogens is 539 g/mol. The Bertz CT molecular complexity index is 1140. The monoisotopic (exact) mass is 569 g/mol. The molecule has 0 amide bonds. The van der Waals surface area contributed by atoms with Crippen LogP contribution in [0.15, 0.2) is 41.9 Å². The van der Waals surface area contributed by atoms with E-state index in [1.54, 1.807) is 11.3 Å². The van der Waals surface area contributed by atoms with Crippen molar-refractivity contribution in [3.63, 3.8) is 0 Å². The van der Waals surface area contributed by atoms with Crippen molar-refractivity contribution in [2.45, 2.75) is 75.8 Å². The number of hydrogen-bond acceptors (Lipinski definition) is 9. The Labute approximate surface area is 217 Å². The predicted octanol–water partition coefficient (Wildman–Crippen LogP) is 3.55. The van der Waals surface area contributed by atoms with Crippen LogP contribution < -0.4 is 4.57 Å². The second kappa shape index (κ2) is 11.2. The number of thiazole rings is 1. The van der Waals surface area contributed by atoms with Crippen LogP contribution in [0, 0.1) is 0 Å². The number of aromatic nitrogens is 1. The van der Waals surface area contributed by atoms with Crippen molar-refractivity contribution in [1.82, 2.24) is 0 Å². The molecule has 0 bridgehead atoms. The zero-order chi connectivity index (χ0) is 27.6. The largest absolute Gasteiger partial charge is 0.741 e. The summed E-state index contributed by atoms with van der Waals surface area (Å²) in [7, 11) is -4.06. The molecule has 0 spiro atoms. The molecule has 1 aromatic heterocycles. The molecule has 1 aromatic carbocycles. The Morgan fingerprint density at radius 2 is 1.76 bits per heavy atom. The lowest BCUT2D eigenvalue weighted by atomic mass is 10.0. The summed E-state index contributed by atoms with van der Waals surface area (Å²) >= 11 is 1.65. The van der Waals surface area contributed by atoms with Crippen molar-refractivity contribution < 1.29 is 54.4 Å². The molecule has 3 heterocycles. The van der Waals surface area contributed by atoms with Gasteiger partial charge in [0.2, 0.25) is 0 Å². The van der Waals surface area contributed by atoms with Crippen LogP contribution in [0.5, 0.6) is 0 Å². The first-order valence-electron chi connectivity index (χ1n) is 11.3. The van der Waals surface area contributed by atoms with Crippen LogP contribution in [-0.4, -0.2) is 55.0 Å². The van der Waals surface area contributed by atoms with E-state index in [4.69, 9.17) is 36.7 Å². The lowest BCUT2D eigenvalue weighted by Crippen LogP contribution is -2.44. The van der Waals surface area contributed by atoms with Crippen molar-refractivity contribution in [3.8, 4) is 0 Å². The van der Waals surface area contributed by atoms with Crippen molar-refractivity contribution in [3.05, 3.63) is 52.5 Å². The Morgan fingerprint density at radius 1 is 1.14 bits per heavy atom. The second-order valence-corrected chi connectivity index (χ2v) is 11.7. The SMILES string of the molecule is C[n+]1ccsc1[C@@H](OCc1ccccc1)[C@H]1OC(C)(C)O[C@@H]1[C@@H]1COC(C)(C)O1.O=S(=O)([O-])C(F)(F)F. The Morgan fingerprint density at radius 3 is 2.24 bits per heavy atom. The number of rotatable bonds is 6. The van der Waals surface area contributed by atoms with Gasteiger partial charge in [0.15, 0.2) is 34.0 Å². The van der Waals surface area contributed by atoms with E-state index in [0.717, 1.165) is 10.6 Å². The van der Waals surface area contributed by atoms with Gasteiger partial charge < -0.3 is 28.2 Å². The van der Waals surface area contributed by atoms with Crippen LogP contribution in [-0.2, 0) is 47.5 Å². The van der Waals surface area contributed by atoms with E-state index in [1.807, 2.05) is 59.1 Å². The van der Waals surface area contributed by atoms with Gasteiger partial charge in [-0.25, -0.2) is 8.42 Å². The summed E-state index contributed by atoms with van der Waals surface area (Å²) in [4.78, 5) is 0. The molecule has 208 valence electrons. The van der Waals surface area contributed by atoms with E-state index in [-0.39, 0.29) is 24.4 Å². The molecule has 4 rings (SSSR count). The molecular formula is C23H30F3NO8S2. The lowest BCUT2D eigenvalue weighted by Gasteiger charge is -2.27. The molecule has 4 atom stereocenters. The number of benzene rings is 1. The van der Waals surface area contributed by atoms with Gasteiger partial charge in [0.1, 0.15) is 25.4 Å². The van der Waals surface area contributed by atoms with Gasteiger partial charge in [-0.1, -0.05) is 41.7 Å². The fourth-order valence-electron chi connectivity index (χ4n) is 3.90. The van der Waals surface area contributed by atoms with Crippen LogP contribution in [0.2, 0.25) is 0 Å². The van der Waals surface area contributed by atoms with Gasteiger partial charge in [-0.3, -0.25) is 0 Å². The third kappa shape index (κ3) is 7.93. The van der Waals surface area contributed by atoms with Crippen molar-refractivity contribution in [2.24, 2.45) is 7.05 Å². The van der Waals surface area contributed by atoms with Crippen molar-refractivity contribution >= 4 is 21.5 Å². The van der Waals surface area contributed by atoms with E-state index in [2.05, 4.69) is 22.1 Å². The van der Waals surface area contributed by atoms with Crippen LogP contribution in [0.3, 0.4) is 0 Å². The average molecular weight is 570 g/mol. The highest BCUT2D eigenvalue weighted by Crippen LogP contribution is 2.42. The maximum atomic E-state index is 10.7. The summed E-state index contributed by atoms with van der Waals surface area (Å²) < 4.78 is 92.1. The molecule has 0 aliphatic carbocycles. The molecule has 2 aliphatic rings. The van der Waals surface area contributed by atoms with Crippen LogP contribution in [0.4, 0.5) is 13.2 Å². The molecule has 9 nitrogen and oxygen atoms in total. The minimum absolute atomic E-state index is 0.218. The summed E-state index contributed by atoms with van der Waals surface area (Å²) in [6.07, 6.45) is 0.910. The summed E-state index contributed by atoms with van der Waals surface area (Å²) in [5, 5.41) is 3.14. The maximum absolute atomic E-state index is 10.7. The maximum Gasteiger partial charge on any atom is 0.485 e. The van der Waals surface area contributed by atoms with Gasteiger partial charge in [0, 0.05) is 0 Å². The molecule has 37 heavy (non-hydrogen) atoms. The molecule has 0 N–H and O–H groups in total. The average Bonchev–Trinajstić information content (AvgIpc) is 3.45. The molecule has 0 radical (unpaired) electrons. The second-order valence-electron chi connectivity index (χ2n) is 9.40. The fraction of sp³-hybridized carbons (Fsp3) is 0.609. The standard InChI is InChI=1S/C22H30NO5S.CHF3O3S/c1-21(2)25-14-16(26-21)17-18(28-22(3,4)27-17)19(20-23(5)11-12-29-20)24-13-15-9-7-6-8-10-15;2-1(3,4)8(5,6)7/h6-12,16-19H,13-14H2,1-5H3;(H,5,6,7)/q+1;/p-1/t16-,17+,18-,19-;/m0./s1. The van der Waals surface area contributed by atoms with Crippen LogP contribution in [0.1, 0.15) is 44.4 Å². The lowest BCUT2D eigenvalue weighted by molar-refractivity contribution is -0.678. The van der Waals surface area contributed by atoms with E-state index < -0.39 is 27.2 Å². The van der Waals surface area contributed by atoms with Crippen LogP contribution >= 0.6 is 11.3 Å². The molecule has 0 saturated carbocycles. The van der Waals surface area contributed by atoms with Crippen molar-refractivity contribution in [1.29, 1.82) is 0 Å². The molecule has 14 heteroatoms. The highest BCUT2D eigenvalue weighted by molar-refractivity contribution is 7.86.